The van der Waals surface area contributed by atoms with Gasteiger partial charge in [0.05, 0.1) is 26.3 Å². The molecule has 2 aliphatic heterocycles. The number of para-hydroxylation sites is 1. The van der Waals surface area contributed by atoms with E-state index in [0.717, 1.165) is 36.3 Å². The molecule has 0 spiro atoms. The molecule has 0 aliphatic carbocycles. The van der Waals surface area contributed by atoms with Crippen LogP contribution in [0.5, 0.6) is 17.2 Å². The molecule has 2 heterocycles. The Labute approximate surface area is 187 Å². The lowest BCUT2D eigenvalue weighted by molar-refractivity contribution is -0.944. The Kier molecular flexibility index (Phi) is 5.23. The molecule has 0 saturated heterocycles. The van der Waals surface area contributed by atoms with Crippen molar-refractivity contribution in [2.24, 2.45) is 0 Å². The number of ether oxygens (including phenoxy) is 3. The summed E-state index contributed by atoms with van der Waals surface area (Å²) in [5.41, 5.74) is 3.92. The third-order valence-electron chi connectivity index (χ3n) is 6.41. The van der Waals surface area contributed by atoms with Gasteiger partial charge in [-0.2, -0.15) is 0 Å². The summed E-state index contributed by atoms with van der Waals surface area (Å²) in [6, 6.07) is 21.4. The predicted octanol–water partition coefficient (Wildman–Crippen LogP) is 4.31. The van der Waals surface area contributed by atoms with E-state index in [4.69, 9.17) is 14.2 Å². The zero-order chi connectivity index (χ0) is 22.1. The van der Waals surface area contributed by atoms with E-state index in [1.54, 1.807) is 7.11 Å². The number of carbonyl (C=O) groups is 1. The van der Waals surface area contributed by atoms with E-state index in [0.29, 0.717) is 21.7 Å². The minimum atomic E-state index is -0.469. The van der Waals surface area contributed by atoms with E-state index >= 15 is 0 Å². The lowest BCUT2D eigenvalue weighted by Gasteiger charge is -2.45. The zero-order valence-electron chi connectivity index (χ0n) is 18.3. The summed E-state index contributed by atoms with van der Waals surface area (Å²) < 4.78 is 17.7. The molecule has 32 heavy (non-hydrogen) atoms. The maximum absolute atomic E-state index is 13.9. The first-order chi connectivity index (χ1) is 15.6. The average molecular weight is 432 g/mol. The van der Waals surface area contributed by atoms with Crippen molar-refractivity contribution in [2.45, 2.75) is 19.0 Å². The van der Waals surface area contributed by atoms with Gasteiger partial charge in [0.2, 0.25) is 12.5 Å². The smallest absolute Gasteiger partial charge is 0.287 e. The molecule has 6 nitrogen and oxygen atoms in total. The van der Waals surface area contributed by atoms with Gasteiger partial charge in [0, 0.05) is 17.7 Å². The van der Waals surface area contributed by atoms with Gasteiger partial charge in [-0.1, -0.05) is 48.5 Å². The van der Waals surface area contributed by atoms with Gasteiger partial charge < -0.3 is 24.0 Å². The molecule has 3 aromatic carbocycles. The number of quaternary nitrogens is 1. The maximum atomic E-state index is 13.9. The average Bonchev–Trinajstić information content (AvgIpc) is 3.27. The first kappa shape index (κ1) is 20.4. The summed E-state index contributed by atoms with van der Waals surface area (Å²) in [5, 5.41) is 3.13. The second-order valence-electron chi connectivity index (χ2n) is 8.57. The van der Waals surface area contributed by atoms with E-state index in [1.165, 1.54) is 5.56 Å². The lowest BCUT2D eigenvalue weighted by Crippen LogP contribution is -2.54. The Morgan fingerprint density at radius 2 is 1.81 bits per heavy atom. The minimum absolute atomic E-state index is 0.0623. The van der Waals surface area contributed by atoms with Crippen molar-refractivity contribution in [3.8, 4) is 17.2 Å². The summed E-state index contributed by atoms with van der Waals surface area (Å²) in [5.74, 6) is 1.80. The molecule has 1 amide bonds. The Morgan fingerprint density at radius 1 is 1.09 bits per heavy atom. The molecule has 1 N–H and O–H groups in total. The molecule has 2 atom stereocenters. The van der Waals surface area contributed by atoms with Gasteiger partial charge in [-0.25, -0.2) is 0 Å². The summed E-state index contributed by atoms with van der Waals surface area (Å²) in [4.78, 5) is 13.9. The van der Waals surface area contributed by atoms with E-state index in [-0.39, 0.29) is 12.7 Å². The highest BCUT2D eigenvalue weighted by Crippen LogP contribution is 2.51. The topological polar surface area (TPSA) is 56.8 Å². The quantitative estimate of drug-likeness (QED) is 0.612. The van der Waals surface area contributed by atoms with Crippen molar-refractivity contribution < 1.29 is 23.5 Å². The number of carbonyl (C=O) groups excluding carboxylic acids is 1. The van der Waals surface area contributed by atoms with Crippen molar-refractivity contribution in [2.75, 3.05) is 32.8 Å². The van der Waals surface area contributed by atoms with Gasteiger partial charge in [0.25, 0.3) is 5.91 Å². The zero-order valence-corrected chi connectivity index (χ0v) is 18.3. The molecule has 3 aromatic rings. The molecule has 2 aliphatic rings. The fourth-order valence-corrected chi connectivity index (χ4v) is 4.92. The van der Waals surface area contributed by atoms with Crippen molar-refractivity contribution in [3.05, 3.63) is 83.4 Å². The molecule has 5 rings (SSSR count). The standard InChI is InChI=1S/C26H26N2O4/c1-28(16-18-9-5-3-6-10-18)14-13-19-15-21-24(32-17-31-21)25(30-2)22(19)23(28)26(29)27-20-11-7-4-8-12-20/h3-12,15,23H,13-14,16-17H2,1-2H3/p+1/t23-,28-/m1/s1. The third-order valence-corrected chi connectivity index (χ3v) is 6.41. The van der Waals surface area contributed by atoms with Gasteiger partial charge in [-0.05, 0) is 23.8 Å². The predicted molar refractivity (Wildman–Crippen MR) is 122 cm³/mol. The van der Waals surface area contributed by atoms with Gasteiger partial charge in [-0.15, -0.1) is 0 Å². The van der Waals surface area contributed by atoms with Crippen molar-refractivity contribution in [1.29, 1.82) is 0 Å². The second-order valence-corrected chi connectivity index (χ2v) is 8.57. The number of hydrogen-bond donors (Lipinski definition) is 1. The van der Waals surface area contributed by atoms with Crippen LogP contribution in [-0.2, 0) is 17.8 Å². The maximum Gasteiger partial charge on any atom is 0.287 e. The molecular weight excluding hydrogens is 404 g/mol. The Bertz CT molecular complexity index is 1130. The molecule has 164 valence electrons. The van der Waals surface area contributed by atoms with E-state index in [1.807, 2.05) is 54.6 Å². The fraction of sp³-hybridized carbons (Fsp3) is 0.269. The number of anilines is 1. The Balaban J connectivity index is 1.62. The molecule has 0 bridgehead atoms. The summed E-state index contributed by atoms with van der Waals surface area (Å²) in [6.07, 6.45) is 0.820. The van der Waals surface area contributed by atoms with E-state index in [2.05, 4.69) is 24.5 Å². The first-order valence-electron chi connectivity index (χ1n) is 10.8. The lowest BCUT2D eigenvalue weighted by atomic mass is 9.87. The number of fused-ring (bicyclic) bond motifs is 2. The first-order valence-corrected chi connectivity index (χ1v) is 10.8. The van der Waals surface area contributed by atoms with Gasteiger partial charge >= 0.3 is 0 Å². The van der Waals surface area contributed by atoms with Gasteiger partial charge in [0.15, 0.2) is 17.5 Å². The fourth-order valence-electron chi connectivity index (χ4n) is 4.92. The van der Waals surface area contributed by atoms with Crippen LogP contribution < -0.4 is 19.5 Å². The summed E-state index contributed by atoms with van der Waals surface area (Å²) >= 11 is 0. The van der Waals surface area contributed by atoms with Gasteiger partial charge in [-0.3, -0.25) is 4.79 Å². The number of nitrogens with one attached hydrogen (secondary N) is 1. The van der Waals surface area contributed by atoms with Crippen LogP contribution in [0.1, 0.15) is 22.7 Å². The summed E-state index contributed by atoms with van der Waals surface area (Å²) in [7, 11) is 3.77. The number of nitrogens with zero attached hydrogens (tertiary/aromatic N) is 1. The van der Waals surface area contributed by atoms with Crippen LogP contribution in [-0.4, -0.2) is 37.9 Å². The monoisotopic (exact) mass is 431 g/mol. The van der Waals surface area contributed by atoms with Crippen LogP contribution >= 0.6 is 0 Å². The highest BCUT2D eigenvalue weighted by atomic mass is 16.7. The van der Waals surface area contributed by atoms with Crippen molar-refractivity contribution in [3.63, 3.8) is 0 Å². The van der Waals surface area contributed by atoms with Crippen molar-refractivity contribution in [1.82, 2.24) is 0 Å². The largest absolute Gasteiger partial charge is 0.492 e. The number of hydrogen-bond acceptors (Lipinski definition) is 4. The molecule has 0 fully saturated rings. The highest BCUT2D eigenvalue weighted by molar-refractivity contribution is 5.96. The normalized spacial score (nSPS) is 21.0. The van der Waals surface area contributed by atoms with Crippen LogP contribution in [0.25, 0.3) is 0 Å². The van der Waals surface area contributed by atoms with Crippen LogP contribution in [0.2, 0.25) is 0 Å². The van der Waals surface area contributed by atoms with Crippen LogP contribution in [0.15, 0.2) is 66.7 Å². The van der Waals surface area contributed by atoms with Crippen LogP contribution in [0.3, 0.4) is 0 Å². The Hall–Kier alpha value is -3.51. The number of likely N-dealkylation sites (N-methyl/N-ethyl adjacent to an activating group) is 1. The second kappa shape index (κ2) is 8.20. The third kappa shape index (κ3) is 3.56. The Morgan fingerprint density at radius 3 is 2.53 bits per heavy atom. The molecule has 0 saturated carbocycles. The molecule has 6 heteroatoms. The molecule has 0 aromatic heterocycles. The van der Waals surface area contributed by atoms with Crippen LogP contribution in [0, 0.1) is 0 Å². The highest BCUT2D eigenvalue weighted by Gasteiger charge is 2.47. The number of methoxy groups -OCH3 is 1. The minimum Gasteiger partial charge on any atom is -0.492 e. The number of amides is 1. The van der Waals surface area contributed by atoms with Crippen LogP contribution in [0.4, 0.5) is 5.69 Å². The number of rotatable bonds is 5. The molecule has 0 unspecified atom stereocenters. The molecular formula is C26H27N2O4+. The van der Waals surface area contributed by atoms with E-state index in [9.17, 15) is 4.79 Å². The van der Waals surface area contributed by atoms with Crippen molar-refractivity contribution >= 4 is 11.6 Å². The van der Waals surface area contributed by atoms with Gasteiger partial charge in [0.1, 0.15) is 6.54 Å². The number of benzene rings is 3. The summed E-state index contributed by atoms with van der Waals surface area (Å²) in [6.45, 7) is 1.70. The SMILES string of the molecule is COc1c2c(cc3c1[C@H](C(=O)Nc1ccccc1)[N@@+](C)(Cc1ccccc1)CC3)OCO2. The van der Waals surface area contributed by atoms with E-state index < -0.39 is 6.04 Å². The molecule has 0 radical (unpaired) electrons.